The van der Waals surface area contributed by atoms with Crippen LogP contribution in [0, 0.1) is 0 Å². The molecule has 7 nitrogen and oxygen atoms in total. The summed E-state index contributed by atoms with van der Waals surface area (Å²) < 4.78 is 5.57. The fourth-order valence-corrected chi connectivity index (χ4v) is 3.38. The van der Waals surface area contributed by atoms with Crippen molar-refractivity contribution in [3.63, 3.8) is 0 Å². The Morgan fingerprint density at radius 2 is 1.14 bits per heavy atom. The molecule has 0 atom stereocenters. The van der Waals surface area contributed by atoms with E-state index < -0.39 is 0 Å². The summed E-state index contributed by atoms with van der Waals surface area (Å²) in [6.45, 7) is 0.265. The van der Waals surface area contributed by atoms with Crippen molar-refractivity contribution >= 4 is 36.1 Å². The first-order valence-electron chi connectivity index (χ1n) is 11.6. The third kappa shape index (κ3) is 7.66. The average molecular weight is 487 g/mol. The SMILES string of the molecule is COc1cc(/C=C/c2ccc(C(=O)NCCO)cc2)ccc1/C=C/c1ccc(C(=O)NCCO)cc1. The smallest absolute Gasteiger partial charge is 0.251 e. The van der Waals surface area contributed by atoms with Crippen molar-refractivity contribution in [2.24, 2.45) is 0 Å². The second-order valence-corrected chi connectivity index (χ2v) is 7.87. The number of carbonyl (C=O) groups is 2. The second-order valence-electron chi connectivity index (χ2n) is 7.87. The number of benzene rings is 3. The Balaban J connectivity index is 1.65. The van der Waals surface area contributed by atoms with Gasteiger partial charge < -0.3 is 25.6 Å². The van der Waals surface area contributed by atoms with Crippen molar-refractivity contribution in [3.8, 4) is 5.75 Å². The molecule has 0 aliphatic rings. The maximum atomic E-state index is 11.9. The number of hydrogen-bond donors (Lipinski definition) is 4. The third-order valence-electron chi connectivity index (χ3n) is 5.32. The molecule has 2 amide bonds. The molecule has 0 saturated heterocycles. The molecule has 0 fully saturated rings. The van der Waals surface area contributed by atoms with Gasteiger partial charge in [-0.25, -0.2) is 0 Å². The molecule has 0 aromatic heterocycles. The van der Waals surface area contributed by atoms with Gasteiger partial charge in [-0.05, 0) is 47.0 Å². The lowest BCUT2D eigenvalue weighted by molar-refractivity contribution is 0.0937. The molecule has 186 valence electrons. The van der Waals surface area contributed by atoms with E-state index in [0.29, 0.717) is 11.1 Å². The van der Waals surface area contributed by atoms with Gasteiger partial charge in [0.15, 0.2) is 0 Å². The van der Waals surface area contributed by atoms with E-state index >= 15 is 0 Å². The molecule has 3 aromatic rings. The van der Waals surface area contributed by atoms with Crippen LogP contribution < -0.4 is 15.4 Å². The summed E-state index contributed by atoms with van der Waals surface area (Å²) in [6, 6.07) is 20.3. The normalized spacial score (nSPS) is 11.1. The zero-order chi connectivity index (χ0) is 25.8. The first-order chi connectivity index (χ1) is 17.5. The molecule has 0 bridgehead atoms. The predicted octanol–water partition coefficient (Wildman–Crippen LogP) is 3.48. The van der Waals surface area contributed by atoms with Gasteiger partial charge >= 0.3 is 0 Å². The van der Waals surface area contributed by atoms with E-state index in [1.54, 1.807) is 31.4 Å². The molecule has 0 unspecified atom stereocenters. The van der Waals surface area contributed by atoms with Crippen LogP contribution >= 0.6 is 0 Å². The van der Waals surface area contributed by atoms with E-state index in [2.05, 4.69) is 10.6 Å². The maximum Gasteiger partial charge on any atom is 0.251 e. The Kier molecular flexibility index (Phi) is 10.00. The topological polar surface area (TPSA) is 108 Å². The molecule has 36 heavy (non-hydrogen) atoms. The summed E-state index contributed by atoms with van der Waals surface area (Å²) in [5, 5.41) is 22.9. The number of hydrogen-bond acceptors (Lipinski definition) is 5. The second kappa shape index (κ2) is 13.6. The lowest BCUT2D eigenvalue weighted by atomic mass is 10.1. The van der Waals surface area contributed by atoms with Crippen LogP contribution in [0.3, 0.4) is 0 Å². The highest BCUT2D eigenvalue weighted by atomic mass is 16.5. The Bertz CT molecular complexity index is 1220. The predicted molar refractivity (Wildman–Crippen MR) is 143 cm³/mol. The van der Waals surface area contributed by atoms with E-state index in [0.717, 1.165) is 28.0 Å². The minimum Gasteiger partial charge on any atom is -0.496 e. The molecule has 4 N–H and O–H groups in total. The lowest BCUT2D eigenvalue weighted by Crippen LogP contribution is -2.26. The van der Waals surface area contributed by atoms with Crippen LogP contribution in [0.2, 0.25) is 0 Å². The van der Waals surface area contributed by atoms with E-state index in [9.17, 15) is 9.59 Å². The molecule has 7 heteroatoms. The van der Waals surface area contributed by atoms with Crippen LogP contribution in [-0.4, -0.2) is 55.4 Å². The van der Waals surface area contributed by atoms with Gasteiger partial charge in [0.2, 0.25) is 0 Å². The molecule has 3 rings (SSSR count). The van der Waals surface area contributed by atoms with E-state index in [1.165, 1.54) is 0 Å². The number of nitrogens with one attached hydrogen (secondary N) is 2. The van der Waals surface area contributed by atoms with Crippen LogP contribution in [0.1, 0.15) is 43.0 Å². The molecule has 0 saturated carbocycles. The number of aliphatic hydroxyl groups excluding tert-OH is 2. The number of ether oxygens (including phenoxy) is 1. The van der Waals surface area contributed by atoms with Crippen molar-refractivity contribution in [2.45, 2.75) is 0 Å². The molecular weight excluding hydrogens is 456 g/mol. The lowest BCUT2D eigenvalue weighted by Gasteiger charge is -2.07. The minimum absolute atomic E-state index is 0.0927. The average Bonchev–Trinajstić information content (AvgIpc) is 2.93. The molecule has 0 radical (unpaired) electrons. The van der Waals surface area contributed by atoms with Gasteiger partial charge in [0, 0.05) is 29.8 Å². The third-order valence-corrected chi connectivity index (χ3v) is 5.32. The summed E-state index contributed by atoms with van der Waals surface area (Å²) >= 11 is 0. The largest absolute Gasteiger partial charge is 0.496 e. The van der Waals surface area contributed by atoms with Crippen molar-refractivity contribution < 1.29 is 24.5 Å². The van der Waals surface area contributed by atoms with Crippen molar-refractivity contribution in [3.05, 3.63) is 100 Å². The highest BCUT2D eigenvalue weighted by Gasteiger charge is 2.05. The van der Waals surface area contributed by atoms with Gasteiger partial charge in [0.05, 0.1) is 20.3 Å². The standard InChI is InChI=1S/C29H30N2O5/c1-36-27-20-23(3-2-21-5-12-25(13-6-21)28(34)30-16-18-32)9-11-24(27)10-4-22-7-14-26(15-8-22)29(35)31-17-19-33/h2-15,20,32-33H,16-19H2,1H3,(H,30,34)(H,31,35)/b3-2+,10-4+. The van der Waals surface area contributed by atoms with Gasteiger partial charge in [-0.15, -0.1) is 0 Å². The molecule has 0 heterocycles. The van der Waals surface area contributed by atoms with Crippen molar-refractivity contribution in [1.29, 1.82) is 0 Å². The van der Waals surface area contributed by atoms with Crippen molar-refractivity contribution in [1.82, 2.24) is 10.6 Å². The van der Waals surface area contributed by atoms with E-state index in [1.807, 2.05) is 66.8 Å². The van der Waals surface area contributed by atoms with E-state index in [-0.39, 0.29) is 38.1 Å². The van der Waals surface area contributed by atoms with Gasteiger partial charge in [0.1, 0.15) is 5.75 Å². The summed E-state index contributed by atoms with van der Waals surface area (Å²) in [7, 11) is 1.63. The zero-order valence-corrected chi connectivity index (χ0v) is 20.1. The highest BCUT2D eigenvalue weighted by molar-refractivity contribution is 5.95. The van der Waals surface area contributed by atoms with Crippen LogP contribution in [0.4, 0.5) is 0 Å². The van der Waals surface area contributed by atoms with Gasteiger partial charge in [-0.3, -0.25) is 9.59 Å². The Morgan fingerprint density at radius 3 is 1.61 bits per heavy atom. The quantitative estimate of drug-likeness (QED) is 0.311. The highest BCUT2D eigenvalue weighted by Crippen LogP contribution is 2.24. The van der Waals surface area contributed by atoms with Crippen LogP contribution in [-0.2, 0) is 0 Å². The Labute approximate surface area is 210 Å². The van der Waals surface area contributed by atoms with Crippen LogP contribution in [0.25, 0.3) is 24.3 Å². The number of methoxy groups -OCH3 is 1. The number of rotatable bonds is 11. The van der Waals surface area contributed by atoms with Crippen molar-refractivity contribution in [2.75, 3.05) is 33.4 Å². The first-order valence-corrected chi connectivity index (χ1v) is 11.6. The summed E-state index contributed by atoms with van der Waals surface area (Å²) in [5.41, 5.74) is 4.84. The molecular formula is C29H30N2O5. The zero-order valence-electron chi connectivity index (χ0n) is 20.1. The van der Waals surface area contributed by atoms with Gasteiger partial charge in [-0.1, -0.05) is 60.7 Å². The monoisotopic (exact) mass is 486 g/mol. The van der Waals surface area contributed by atoms with Crippen LogP contribution in [0.15, 0.2) is 66.7 Å². The fraction of sp³-hybridized carbons (Fsp3) is 0.172. The molecule has 0 aliphatic carbocycles. The molecule has 0 aliphatic heterocycles. The number of amides is 2. The maximum absolute atomic E-state index is 11.9. The minimum atomic E-state index is -0.218. The van der Waals surface area contributed by atoms with Gasteiger partial charge in [-0.2, -0.15) is 0 Å². The molecule has 0 spiro atoms. The summed E-state index contributed by atoms with van der Waals surface area (Å²) in [4.78, 5) is 23.9. The summed E-state index contributed by atoms with van der Waals surface area (Å²) in [5.74, 6) is 0.293. The first kappa shape index (κ1) is 26.4. The fourth-order valence-electron chi connectivity index (χ4n) is 3.38. The molecule has 3 aromatic carbocycles. The Morgan fingerprint density at radius 1 is 0.694 bits per heavy atom. The summed E-state index contributed by atoms with van der Waals surface area (Å²) in [6.07, 6.45) is 7.82. The number of carbonyl (C=O) groups excluding carboxylic acids is 2. The Hall–Kier alpha value is -4.20. The number of aliphatic hydroxyl groups is 2. The van der Waals surface area contributed by atoms with E-state index in [4.69, 9.17) is 14.9 Å². The van der Waals surface area contributed by atoms with Gasteiger partial charge in [0.25, 0.3) is 11.8 Å². The van der Waals surface area contributed by atoms with Crippen LogP contribution in [0.5, 0.6) is 5.75 Å².